The van der Waals surface area contributed by atoms with E-state index in [1.165, 1.54) is 0 Å². The number of nitrogens with zero attached hydrogens (tertiary/aromatic N) is 1. The van der Waals surface area contributed by atoms with Gasteiger partial charge < -0.3 is 4.74 Å². The monoisotopic (exact) mass is 275 g/mol. The third kappa shape index (κ3) is 2.95. The highest BCUT2D eigenvalue weighted by atomic mass is 16.5. The number of rotatable bonds is 5. The summed E-state index contributed by atoms with van der Waals surface area (Å²) in [7, 11) is 0. The summed E-state index contributed by atoms with van der Waals surface area (Å²) in [6.07, 6.45) is 4.39. The molecule has 0 amide bonds. The fraction of sp³-hybridized carbons (Fsp3) is 0.105. The van der Waals surface area contributed by atoms with E-state index >= 15 is 0 Å². The van der Waals surface area contributed by atoms with Crippen LogP contribution in [0, 0.1) is 0 Å². The summed E-state index contributed by atoms with van der Waals surface area (Å²) in [5, 5.41) is 1.08. The maximum Gasteiger partial charge on any atom is 0.146 e. The van der Waals surface area contributed by atoms with E-state index < -0.39 is 0 Å². The Labute approximate surface area is 124 Å². The molecule has 0 spiro atoms. The molecule has 1 atom stereocenters. The van der Waals surface area contributed by atoms with Crippen molar-refractivity contribution in [3.05, 3.63) is 85.1 Å². The zero-order valence-corrected chi connectivity index (χ0v) is 11.8. The van der Waals surface area contributed by atoms with Crippen molar-refractivity contribution in [1.29, 1.82) is 0 Å². The van der Waals surface area contributed by atoms with Crippen LogP contribution in [0.5, 0.6) is 5.75 Å². The second kappa shape index (κ2) is 6.23. The van der Waals surface area contributed by atoms with Gasteiger partial charge in [-0.05, 0) is 17.7 Å². The lowest BCUT2D eigenvalue weighted by Crippen LogP contribution is -2.07. The molecule has 0 bridgehead atoms. The van der Waals surface area contributed by atoms with E-state index in [0.29, 0.717) is 0 Å². The van der Waals surface area contributed by atoms with Gasteiger partial charge in [-0.3, -0.25) is 4.98 Å². The second-order valence-electron chi connectivity index (χ2n) is 4.87. The van der Waals surface area contributed by atoms with Gasteiger partial charge in [-0.1, -0.05) is 54.6 Å². The first-order chi connectivity index (χ1) is 10.4. The maximum absolute atomic E-state index is 6.22. The van der Waals surface area contributed by atoms with E-state index in [1.54, 1.807) is 6.20 Å². The molecule has 2 aromatic carbocycles. The van der Waals surface area contributed by atoms with Crippen LogP contribution in [0.1, 0.15) is 18.1 Å². The van der Waals surface area contributed by atoms with Crippen molar-refractivity contribution in [2.75, 3.05) is 0 Å². The number of fused-ring (bicyclic) bond motifs is 1. The smallest absolute Gasteiger partial charge is 0.146 e. The third-order valence-electron chi connectivity index (χ3n) is 3.42. The van der Waals surface area contributed by atoms with Crippen LogP contribution in [-0.4, -0.2) is 4.98 Å². The quantitative estimate of drug-likeness (QED) is 0.616. The van der Waals surface area contributed by atoms with E-state index in [2.05, 4.69) is 23.7 Å². The molecular formula is C19H17NO. The van der Waals surface area contributed by atoms with Gasteiger partial charge in [0.15, 0.2) is 0 Å². The summed E-state index contributed by atoms with van der Waals surface area (Å²) in [4.78, 5) is 4.44. The van der Waals surface area contributed by atoms with E-state index in [4.69, 9.17) is 4.74 Å². The van der Waals surface area contributed by atoms with Gasteiger partial charge in [-0.15, -0.1) is 6.58 Å². The number of ether oxygens (including phenoxy) is 1. The molecule has 104 valence electrons. The van der Waals surface area contributed by atoms with Crippen molar-refractivity contribution in [3.8, 4) is 5.75 Å². The minimum absolute atomic E-state index is 0.0451. The van der Waals surface area contributed by atoms with Crippen LogP contribution < -0.4 is 4.74 Å². The van der Waals surface area contributed by atoms with Crippen LogP contribution in [0.15, 0.2) is 79.5 Å². The van der Waals surface area contributed by atoms with Gasteiger partial charge in [0.05, 0.1) is 0 Å². The highest BCUT2D eigenvalue weighted by Gasteiger charge is 2.13. The van der Waals surface area contributed by atoms with Gasteiger partial charge in [0.2, 0.25) is 0 Å². The van der Waals surface area contributed by atoms with Crippen LogP contribution >= 0.6 is 0 Å². The lowest BCUT2D eigenvalue weighted by Gasteiger charge is -2.19. The number of hydrogen-bond acceptors (Lipinski definition) is 2. The Hall–Kier alpha value is -2.61. The van der Waals surface area contributed by atoms with Gasteiger partial charge in [0.25, 0.3) is 0 Å². The average Bonchev–Trinajstić information content (AvgIpc) is 2.55. The zero-order valence-electron chi connectivity index (χ0n) is 11.8. The number of benzene rings is 2. The molecule has 1 heterocycles. The SMILES string of the molecule is C=CCC(Oc1cccc2cccnc12)c1ccccc1. The van der Waals surface area contributed by atoms with Crippen molar-refractivity contribution in [2.45, 2.75) is 12.5 Å². The molecule has 0 aliphatic carbocycles. The fourth-order valence-corrected chi connectivity index (χ4v) is 2.40. The summed E-state index contributed by atoms with van der Waals surface area (Å²) in [5.41, 5.74) is 2.04. The van der Waals surface area contributed by atoms with Gasteiger partial charge in [0.1, 0.15) is 17.4 Å². The van der Waals surface area contributed by atoms with Crippen LogP contribution in [0.25, 0.3) is 10.9 Å². The molecule has 0 radical (unpaired) electrons. The lowest BCUT2D eigenvalue weighted by molar-refractivity contribution is 0.212. The number of pyridine rings is 1. The molecule has 3 aromatic rings. The molecule has 1 aromatic heterocycles. The molecule has 0 aliphatic heterocycles. The summed E-state index contributed by atoms with van der Waals surface area (Å²) in [6, 6.07) is 20.2. The molecule has 0 aliphatic rings. The van der Waals surface area contributed by atoms with Crippen LogP contribution in [0.3, 0.4) is 0 Å². The highest BCUT2D eigenvalue weighted by Crippen LogP contribution is 2.29. The Morgan fingerprint density at radius 2 is 1.81 bits per heavy atom. The molecular weight excluding hydrogens is 258 g/mol. The van der Waals surface area contributed by atoms with Crippen LogP contribution in [-0.2, 0) is 0 Å². The largest absolute Gasteiger partial charge is 0.483 e. The van der Waals surface area contributed by atoms with E-state index in [0.717, 1.165) is 28.6 Å². The van der Waals surface area contributed by atoms with Crippen LogP contribution in [0.2, 0.25) is 0 Å². The normalized spacial score (nSPS) is 12.0. The van der Waals surface area contributed by atoms with E-state index in [1.807, 2.05) is 54.6 Å². The Bertz CT molecular complexity index is 731. The summed E-state index contributed by atoms with van der Waals surface area (Å²) in [6.45, 7) is 3.83. The minimum Gasteiger partial charge on any atom is -0.483 e. The molecule has 1 unspecified atom stereocenters. The first kappa shape index (κ1) is 13.4. The van der Waals surface area contributed by atoms with Crippen molar-refractivity contribution in [1.82, 2.24) is 4.98 Å². The number of aromatic nitrogens is 1. The lowest BCUT2D eigenvalue weighted by atomic mass is 10.1. The standard InChI is InChI=1S/C19H17NO/c1-2-8-17(15-9-4-3-5-10-15)21-18-13-6-11-16-12-7-14-20-19(16)18/h2-7,9-14,17H,1,8H2. The van der Waals surface area contributed by atoms with Crippen LogP contribution in [0.4, 0.5) is 0 Å². The molecule has 0 N–H and O–H groups in total. The minimum atomic E-state index is -0.0451. The van der Waals surface area contributed by atoms with Crippen molar-refractivity contribution in [2.24, 2.45) is 0 Å². The maximum atomic E-state index is 6.22. The summed E-state index contributed by atoms with van der Waals surface area (Å²) >= 11 is 0. The molecule has 0 saturated carbocycles. The Kier molecular flexibility index (Phi) is 3.97. The predicted octanol–water partition coefficient (Wildman–Crippen LogP) is 4.93. The number of hydrogen-bond donors (Lipinski definition) is 0. The summed E-state index contributed by atoms with van der Waals surface area (Å²) < 4.78 is 6.22. The third-order valence-corrected chi connectivity index (χ3v) is 3.42. The first-order valence-corrected chi connectivity index (χ1v) is 7.05. The Morgan fingerprint density at radius 1 is 1.00 bits per heavy atom. The van der Waals surface area contributed by atoms with Gasteiger partial charge in [-0.25, -0.2) is 0 Å². The van der Waals surface area contributed by atoms with Gasteiger partial charge in [-0.2, -0.15) is 0 Å². The van der Waals surface area contributed by atoms with Gasteiger partial charge >= 0.3 is 0 Å². The molecule has 3 rings (SSSR count). The fourth-order valence-electron chi connectivity index (χ4n) is 2.40. The van der Waals surface area contributed by atoms with E-state index in [9.17, 15) is 0 Å². The molecule has 2 nitrogen and oxygen atoms in total. The topological polar surface area (TPSA) is 22.1 Å². The molecule has 0 saturated heterocycles. The molecule has 0 fully saturated rings. The summed E-state index contributed by atoms with van der Waals surface area (Å²) in [5.74, 6) is 0.809. The van der Waals surface area contributed by atoms with Gasteiger partial charge in [0, 0.05) is 18.0 Å². The zero-order chi connectivity index (χ0) is 14.5. The Balaban J connectivity index is 1.97. The van der Waals surface area contributed by atoms with E-state index in [-0.39, 0.29) is 6.10 Å². The average molecular weight is 275 g/mol. The predicted molar refractivity (Wildman–Crippen MR) is 86.4 cm³/mol. The highest BCUT2D eigenvalue weighted by molar-refractivity contribution is 5.84. The second-order valence-corrected chi connectivity index (χ2v) is 4.87. The van der Waals surface area contributed by atoms with Crippen molar-refractivity contribution in [3.63, 3.8) is 0 Å². The Morgan fingerprint density at radius 3 is 2.62 bits per heavy atom. The van der Waals surface area contributed by atoms with Crippen molar-refractivity contribution < 1.29 is 4.74 Å². The first-order valence-electron chi connectivity index (χ1n) is 7.05. The molecule has 2 heteroatoms. The molecule has 21 heavy (non-hydrogen) atoms. The van der Waals surface area contributed by atoms with Crippen molar-refractivity contribution >= 4 is 10.9 Å². The number of para-hydroxylation sites is 1.